The van der Waals surface area contributed by atoms with E-state index in [1.807, 2.05) is 13.8 Å². The van der Waals surface area contributed by atoms with Crippen molar-refractivity contribution < 1.29 is 9.53 Å². The van der Waals surface area contributed by atoms with E-state index in [0.29, 0.717) is 16.6 Å². The second-order valence-corrected chi connectivity index (χ2v) is 8.49. The maximum atomic E-state index is 12.1. The zero-order chi connectivity index (χ0) is 20.1. The lowest BCUT2D eigenvalue weighted by molar-refractivity contribution is 0.0601. The molecule has 1 unspecified atom stereocenters. The standard InChI is InChI=1S/C21H28N2O2S2/c1-7-17(16-10-8-15(9-11-16)12(2)3)22-21(26)23-19-18(20(24)25-6)13(4)14(5)27-19/h8-12,17H,7H2,1-6H3,(H2,22,23,26). The highest BCUT2D eigenvalue weighted by Crippen LogP contribution is 2.33. The number of anilines is 1. The number of carbonyl (C=O) groups is 1. The summed E-state index contributed by atoms with van der Waals surface area (Å²) in [6.45, 7) is 10.4. The summed E-state index contributed by atoms with van der Waals surface area (Å²) >= 11 is 7.02. The van der Waals surface area contributed by atoms with Crippen molar-refractivity contribution in [3.63, 3.8) is 0 Å². The monoisotopic (exact) mass is 404 g/mol. The Kier molecular flexibility index (Phi) is 7.39. The average Bonchev–Trinajstić information content (AvgIpc) is 2.92. The summed E-state index contributed by atoms with van der Waals surface area (Å²) < 4.78 is 4.92. The zero-order valence-corrected chi connectivity index (χ0v) is 18.4. The molecule has 4 nitrogen and oxygen atoms in total. The number of nitrogens with one attached hydrogen (secondary N) is 2. The molecule has 0 saturated heterocycles. The van der Waals surface area contributed by atoms with Crippen molar-refractivity contribution in [1.29, 1.82) is 0 Å². The van der Waals surface area contributed by atoms with Crippen molar-refractivity contribution in [1.82, 2.24) is 5.32 Å². The Morgan fingerprint density at radius 2 is 1.78 bits per heavy atom. The van der Waals surface area contributed by atoms with Crippen LogP contribution in [0.15, 0.2) is 24.3 Å². The van der Waals surface area contributed by atoms with Crippen LogP contribution in [0.25, 0.3) is 0 Å². The molecule has 27 heavy (non-hydrogen) atoms. The van der Waals surface area contributed by atoms with E-state index in [2.05, 4.69) is 55.7 Å². The number of aryl methyl sites for hydroxylation is 1. The van der Waals surface area contributed by atoms with Crippen LogP contribution in [0, 0.1) is 13.8 Å². The molecule has 0 aliphatic rings. The molecule has 1 aromatic heterocycles. The van der Waals surface area contributed by atoms with Gasteiger partial charge in [0.15, 0.2) is 5.11 Å². The van der Waals surface area contributed by atoms with E-state index < -0.39 is 0 Å². The van der Waals surface area contributed by atoms with Crippen molar-refractivity contribution in [3.8, 4) is 0 Å². The van der Waals surface area contributed by atoms with Crippen molar-refractivity contribution >= 4 is 39.6 Å². The Morgan fingerprint density at radius 1 is 1.19 bits per heavy atom. The van der Waals surface area contributed by atoms with E-state index in [0.717, 1.165) is 21.9 Å². The number of thiocarbonyl (C=S) groups is 1. The Labute approximate surface area is 171 Å². The lowest BCUT2D eigenvalue weighted by atomic mass is 9.98. The van der Waals surface area contributed by atoms with Crippen LogP contribution < -0.4 is 10.6 Å². The number of hydrogen-bond donors (Lipinski definition) is 2. The summed E-state index contributed by atoms with van der Waals surface area (Å²) in [5.74, 6) is 0.162. The van der Waals surface area contributed by atoms with E-state index in [-0.39, 0.29) is 12.0 Å². The minimum Gasteiger partial charge on any atom is -0.465 e. The fourth-order valence-corrected chi connectivity index (χ4v) is 4.26. The number of esters is 1. The number of benzene rings is 1. The van der Waals surface area contributed by atoms with Crippen LogP contribution in [0.2, 0.25) is 0 Å². The molecule has 2 aromatic rings. The Hall–Kier alpha value is -1.92. The van der Waals surface area contributed by atoms with E-state index in [1.165, 1.54) is 29.6 Å². The van der Waals surface area contributed by atoms with Crippen molar-refractivity contribution in [2.75, 3.05) is 12.4 Å². The molecule has 1 heterocycles. The normalized spacial score (nSPS) is 12.0. The molecule has 1 atom stereocenters. The molecule has 0 radical (unpaired) electrons. The van der Waals surface area contributed by atoms with Gasteiger partial charge in [-0.15, -0.1) is 11.3 Å². The van der Waals surface area contributed by atoms with Gasteiger partial charge in [-0.3, -0.25) is 0 Å². The Morgan fingerprint density at radius 3 is 2.30 bits per heavy atom. The molecule has 0 amide bonds. The summed E-state index contributed by atoms with van der Waals surface area (Å²) in [5.41, 5.74) is 3.99. The highest BCUT2D eigenvalue weighted by Gasteiger charge is 2.21. The van der Waals surface area contributed by atoms with Gasteiger partial charge in [-0.25, -0.2) is 4.79 Å². The molecule has 2 rings (SSSR count). The first-order chi connectivity index (χ1) is 12.8. The van der Waals surface area contributed by atoms with Crippen LogP contribution in [0.1, 0.15) is 71.1 Å². The summed E-state index contributed by atoms with van der Waals surface area (Å²) in [6, 6.07) is 8.75. The van der Waals surface area contributed by atoms with Gasteiger partial charge in [0.2, 0.25) is 0 Å². The third-order valence-electron chi connectivity index (χ3n) is 4.72. The van der Waals surface area contributed by atoms with Gasteiger partial charge in [-0.2, -0.15) is 0 Å². The molecule has 0 aliphatic carbocycles. The van der Waals surface area contributed by atoms with Crippen molar-refractivity contribution in [2.24, 2.45) is 0 Å². The second-order valence-electron chi connectivity index (χ2n) is 6.86. The summed E-state index contributed by atoms with van der Waals surface area (Å²) in [5, 5.41) is 7.78. The van der Waals surface area contributed by atoms with E-state index >= 15 is 0 Å². The van der Waals surface area contributed by atoms with Gasteiger partial charge in [-0.05, 0) is 55.1 Å². The molecular weight excluding hydrogens is 376 g/mol. The smallest absolute Gasteiger partial charge is 0.341 e. The van der Waals surface area contributed by atoms with E-state index in [9.17, 15) is 4.79 Å². The summed E-state index contributed by atoms with van der Waals surface area (Å²) in [7, 11) is 1.39. The molecule has 0 bridgehead atoms. The first-order valence-electron chi connectivity index (χ1n) is 9.14. The maximum absolute atomic E-state index is 12.1. The second kappa shape index (κ2) is 9.33. The number of methoxy groups -OCH3 is 1. The molecule has 6 heteroatoms. The Balaban J connectivity index is 2.14. The molecule has 1 aromatic carbocycles. The molecule has 2 N–H and O–H groups in total. The average molecular weight is 405 g/mol. The fraction of sp³-hybridized carbons (Fsp3) is 0.429. The minimum atomic E-state index is -0.349. The zero-order valence-electron chi connectivity index (χ0n) is 16.8. The van der Waals surface area contributed by atoms with Crippen LogP contribution in [0.5, 0.6) is 0 Å². The van der Waals surface area contributed by atoms with Gasteiger partial charge >= 0.3 is 5.97 Å². The predicted molar refractivity (Wildman–Crippen MR) is 118 cm³/mol. The molecule has 0 saturated carbocycles. The van der Waals surface area contributed by atoms with Crippen molar-refractivity contribution in [3.05, 3.63) is 51.4 Å². The molecule has 0 aliphatic heterocycles. The lowest BCUT2D eigenvalue weighted by Gasteiger charge is -2.20. The number of carbonyl (C=O) groups excluding carboxylic acids is 1. The topological polar surface area (TPSA) is 50.4 Å². The van der Waals surface area contributed by atoms with Crippen LogP contribution >= 0.6 is 23.6 Å². The summed E-state index contributed by atoms with van der Waals surface area (Å²) in [6.07, 6.45) is 0.898. The van der Waals surface area contributed by atoms with Gasteiger partial charge in [-0.1, -0.05) is 45.0 Å². The third kappa shape index (κ3) is 5.08. The SMILES string of the molecule is CCC(NC(=S)Nc1sc(C)c(C)c1C(=O)OC)c1ccc(C(C)C)cc1. The minimum absolute atomic E-state index is 0.106. The van der Waals surface area contributed by atoms with Crippen LogP contribution in [0.3, 0.4) is 0 Å². The first-order valence-corrected chi connectivity index (χ1v) is 10.4. The van der Waals surface area contributed by atoms with Crippen molar-refractivity contribution in [2.45, 2.75) is 53.0 Å². The quantitative estimate of drug-likeness (QED) is 0.477. The van der Waals surface area contributed by atoms with Gasteiger partial charge < -0.3 is 15.4 Å². The number of hydrogen-bond acceptors (Lipinski definition) is 4. The predicted octanol–water partition coefficient (Wildman–Crippen LogP) is 5.71. The van der Waals surface area contributed by atoms with Gasteiger partial charge in [0.05, 0.1) is 18.7 Å². The number of thiophene rings is 1. The van der Waals surface area contributed by atoms with Crippen LogP contribution in [-0.2, 0) is 4.74 Å². The largest absolute Gasteiger partial charge is 0.465 e. The molecule has 0 spiro atoms. The highest BCUT2D eigenvalue weighted by molar-refractivity contribution is 7.80. The fourth-order valence-electron chi connectivity index (χ4n) is 2.89. The first kappa shape index (κ1) is 21.4. The van der Waals surface area contributed by atoms with Gasteiger partial charge in [0, 0.05) is 4.88 Å². The van der Waals surface area contributed by atoms with Gasteiger partial charge in [0.1, 0.15) is 5.00 Å². The molecule has 0 fully saturated rings. The van der Waals surface area contributed by atoms with Gasteiger partial charge in [0.25, 0.3) is 0 Å². The van der Waals surface area contributed by atoms with Crippen LogP contribution in [-0.4, -0.2) is 18.2 Å². The number of ether oxygens (including phenoxy) is 1. The molecular formula is C21H28N2O2S2. The lowest BCUT2D eigenvalue weighted by Crippen LogP contribution is -2.32. The van der Waals surface area contributed by atoms with E-state index in [1.54, 1.807) is 0 Å². The third-order valence-corrected chi connectivity index (χ3v) is 6.06. The highest BCUT2D eigenvalue weighted by atomic mass is 32.1. The van der Waals surface area contributed by atoms with E-state index in [4.69, 9.17) is 17.0 Å². The number of rotatable bonds is 6. The summed E-state index contributed by atoms with van der Waals surface area (Å²) in [4.78, 5) is 13.2. The van der Waals surface area contributed by atoms with Crippen LogP contribution in [0.4, 0.5) is 5.00 Å². The Bertz CT molecular complexity index is 810. The molecule has 146 valence electrons. The maximum Gasteiger partial charge on any atom is 0.341 e.